The summed E-state index contributed by atoms with van der Waals surface area (Å²) in [7, 11) is -4.33. The van der Waals surface area contributed by atoms with Crippen LogP contribution in [0.2, 0.25) is 0 Å². The minimum atomic E-state index is -3.59. The molecule has 0 amide bonds. The number of nitrogens with two attached hydrogens (primary N) is 2. The lowest BCUT2D eigenvalue weighted by Crippen LogP contribution is -2.24. The number of primary sulfonamides is 1. The Kier molecular flexibility index (Phi) is 4.97. The largest absolute Gasteiger partial charge is 0.397 e. The monoisotopic (exact) mass is 322 g/mol. The third-order valence-electron chi connectivity index (χ3n) is 2.51. The van der Waals surface area contributed by atoms with E-state index in [9.17, 15) is 16.8 Å². The van der Waals surface area contributed by atoms with E-state index in [1.54, 1.807) is 0 Å². The topological polar surface area (TPSA) is 136 Å². The second kappa shape index (κ2) is 5.95. The van der Waals surface area contributed by atoms with Crippen LogP contribution in [0.5, 0.6) is 0 Å². The maximum Gasteiger partial charge on any atom is 0.242 e. The van der Waals surface area contributed by atoms with E-state index in [4.69, 9.17) is 10.9 Å². The second-order valence-electron chi connectivity index (χ2n) is 4.33. The molecule has 0 fully saturated rings. The molecule has 0 heterocycles. The van der Waals surface area contributed by atoms with Gasteiger partial charge in [-0.05, 0) is 18.2 Å². The van der Waals surface area contributed by atoms with Gasteiger partial charge in [-0.25, -0.2) is 26.3 Å². The Labute approximate surface area is 118 Å². The van der Waals surface area contributed by atoms with Gasteiger partial charge in [-0.3, -0.25) is 0 Å². The maximum atomic E-state index is 12.0. The lowest BCUT2D eigenvalue weighted by Gasteiger charge is -2.14. The van der Waals surface area contributed by atoms with Crippen LogP contribution in [-0.4, -0.2) is 47.5 Å². The molecule has 0 saturated carbocycles. The van der Waals surface area contributed by atoms with E-state index < -0.39 is 20.0 Å². The first-order chi connectivity index (χ1) is 9.04. The molecule has 1 aromatic carbocycles. The number of hydrogen-bond acceptors (Lipinski definition) is 6. The summed E-state index contributed by atoms with van der Waals surface area (Å²) < 4.78 is 46.7. The molecule has 0 aliphatic heterocycles. The smallest absolute Gasteiger partial charge is 0.242 e. The Morgan fingerprint density at radius 1 is 1.20 bits per heavy atom. The zero-order chi connectivity index (χ0) is 15.6. The maximum absolute atomic E-state index is 12.0. The molecule has 0 unspecified atom stereocenters. The number of rotatable bonds is 6. The number of benzene rings is 1. The average Bonchev–Trinajstić information content (AvgIpc) is 2.29. The van der Waals surface area contributed by atoms with Crippen molar-refractivity contribution in [3.05, 3.63) is 18.2 Å². The van der Waals surface area contributed by atoms with Crippen molar-refractivity contribution in [3.8, 4) is 0 Å². The highest BCUT2D eigenvalue weighted by molar-refractivity contribution is 7.89. The first kappa shape index (κ1) is 16.7. The Hall–Kier alpha value is -1.36. The lowest BCUT2D eigenvalue weighted by molar-refractivity contribution is 0.521. The SMILES string of the molecule is CN(C)S(=O)(=O)c1ccc(N)c(NCCS(N)(=O)=O)c1. The predicted molar refractivity (Wildman–Crippen MR) is 78.2 cm³/mol. The minimum Gasteiger partial charge on any atom is -0.397 e. The van der Waals surface area contributed by atoms with Crippen molar-refractivity contribution in [2.24, 2.45) is 5.14 Å². The van der Waals surface area contributed by atoms with Gasteiger partial charge >= 0.3 is 0 Å². The molecular formula is C10H18N4O4S2. The molecule has 0 atom stereocenters. The van der Waals surface area contributed by atoms with Gasteiger partial charge < -0.3 is 11.1 Å². The Balaban J connectivity index is 2.99. The van der Waals surface area contributed by atoms with Crippen LogP contribution in [0.3, 0.4) is 0 Å². The first-order valence-electron chi connectivity index (χ1n) is 5.60. The normalized spacial score (nSPS) is 12.6. The Morgan fingerprint density at radius 2 is 1.80 bits per heavy atom. The van der Waals surface area contributed by atoms with Crippen molar-refractivity contribution in [2.75, 3.05) is 37.4 Å². The number of anilines is 2. The number of hydrogen-bond donors (Lipinski definition) is 3. The van der Waals surface area contributed by atoms with Gasteiger partial charge in [0.05, 0.1) is 22.0 Å². The van der Waals surface area contributed by atoms with Gasteiger partial charge in [0.2, 0.25) is 20.0 Å². The summed E-state index contributed by atoms with van der Waals surface area (Å²) >= 11 is 0. The van der Waals surface area contributed by atoms with Gasteiger partial charge in [-0.1, -0.05) is 0 Å². The van der Waals surface area contributed by atoms with E-state index in [0.29, 0.717) is 11.4 Å². The third-order valence-corrected chi connectivity index (χ3v) is 5.09. The highest BCUT2D eigenvalue weighted by atomic mass is 32.2. The van der Waals surface area contributed by atoms with Crippen molar-refractivity contribution in [1.29, 1.82) is 0 Å². The molecule has 8 nitrogen and oxygen atoms in total. The van der Waals surface area contributed by atoms with Crippen LogP contribution in [0.25, 0.3) is 0 Å². The summed E-state index contributed by atoms with van der Waals surface area (Å²) in [6.07, 6.45) is 0. The van der Waals surface area contributed by atoms with Gasteiger partial charge in [-0.2, -0.15) is 0 Å². The van der Waals surface area contributed by atoms with E-state index in [1.807, 2.05) is 0 Å². The summed E-state index contributed by atoms with van der Waals surface area (Å²) in [6, 6.07) is 4.18. The molecule has 5 N–H and O–H groups in total. The fraction of sp³-hybridized carbons (Fsp3) is 0.400. The number of sulfonamides is 2. The number of nitrogen functional groups attached to an aromatic ring is 1. The molecule has 20 heavy (non-hydrogen) atoms. The molecule has 0 aliphatic carbocycles. The van der Waals surface area contributed by atoms with Crippen LogP contribution in [0.1, 0.15) is 0 Å². The molecule has 0 aromatic heterocycles. The van der Waals surface area contributed by atoms with E-state index in [1.165, 1.54) is 32.3 Å². The summed E-state index contributed by atoms with van der Waals surface area (Å²) in [4.78, 5) is 0.0646. The molecule has 1 aromatic rings. The molecule has 0 saturated heterocycles. The molecule has 0 spiro atoms. The van der Waals surface area contributed by atoms with Crippen LogP contribution in [-0.2, 0) is 20.0 Å². The molecule has 1 rings (SSSR count). The molecule has 0 aliphatic rings. The zero-order valence-electron chi connectivity index (χ0n) is 11.2. The van der Waals surface area contributed by atoms with Gasteiger partial charge in [0, 0.05) is 20.6 Å². The second-order valence-corrected chi connectivity index (χ2v) is 8.22. The van der Waals surface area contributed by atoms with Crippen molar-refractivity contribution < 1.29 is 16.8 Å². The Morgan fingerprint density at radius 3 is 2.30 bits per heavy atom. The summed E-state index contributed by atoms with van der Waals surface area (Å²) in [5.74, 6) is -0.281. The standard InChI is InChI=1S/C10H18N4O4S2/c1-14(2)20(17,18)8-3-4-9(11)10(7-8)13-5-6-19(12,15)16/h3-4,7,13H,5-6,11H2,1-2H3,(H2,12,15,16). The van der Waals surface area contributed by atoms with Crippen molar-refractivity contribution in [2.45, 2.75) is 4.90 Å². The summed E-state index contributed by atoms with van der Waals surface area (Å²) in [5, 5.41) is 7.63. The molecule has 0 bridgehead atoms. The molecule has 10 heteroatoms. The van der Waals surface area contributed by atoms with Gasteiger partial charge in [-0.15, -0.1) is 0 Å². The van der Waals surface area contributed by atoms with Crippen molar-refractivity contribution in [1.82, 2.24) is 4.31 Å². The fourth-order valence-corrected chi connectivity index (χ4v) is 2.70. The van der Waals surface area contributed by atoms with E-state index in [0.717, 1.165) is 4.31 Å². The zero-order valence-corrected chi connectivity index (χ0v) is 12.8. The van der Waals surface area contributed by atoms with E-state index >= 15 is 0 Å². The van der Waals surface area contributed by atoms with Crippen molar-refractivity contribution in [3.63, 3.8) is 0 Å². The lowest BCUT2D eigenvalue weighted by atomic mass is 10.2. The average molecular weight is 322 g/mol. The number of nitrogens with one attached hydrogen (secondary N) is 1. The van der Waals surface area contributed by atoms with Crippen LogP contribution in [0.15, 0.2) is 23.1 Å². The van der Waals surface area contributed by atoms with Crippen LogP contribution in [0.4, 0.5) is 11.4 Å². The van der Waals surface area contributed by atoms with Gasteiger partial charge in [0.15, 0.2) is 0 Å². The highest BCUT2D eigenvalue weighted by Gasteiger charge is 2.18. The fourth-order valence-electron chi connectivity index (χ4n) is 1.39. The Bertz CT molecular complexity index is 683. The molecule has 114 valence electrons. The van der Waals surface area contributed by atoms with Crippen LogP contribution >= 0.6 is 0 Å². The highest BCUT2D eigenvalue weighted by Crippen LogP contribution is 2.24. The minimum absolute atomic E-state index is 0.0362. The van der Waals surface area contributed by atoms with Crippen LogP contribution in [0, 0.1) is 0 Å². The van der Waals surface area contributed by atoms with Crippen LogP contribution < -0.4 is 16.2 Å². The van der Waals surface area contributed by atoms with Gasteiger partial charge in [0.1, 0.15) is 0 Å². The van der Waals surface area contributed by atoms with Gasteiger partial charge in [0.25, 0.3) is 0 Å². The van der Waals surface area contributed by atoms with E-state index in [2.05, 4.69) is 5.32 Å². The quantitative estimate of drug-likeness (QED) is 0.588. The third kappa shape index (κ3) is 4.34. The summed E-state index contributed by atoms with van der Waals surface area (Å²) in [6.45, 7) is 0.0362. The molecule has 0 radical (unpaired) electrons. The number of nitrogens with zero attached hydrogens (tertiary/aromatic N) is 1. The first-order valence-corrected chi connectivity index (χ1v) is 8.76. The predicted octanol–water partition coefficient (Wildman–Crippen LogP) is -0.780. The van der Waals surface area contributed by atoms with E-state index in [-0.39, 0.29) is 17.2 Å². The summed E-state index contributed by atoms with van der Waals surface area (Å²) in [5.41, 5.74) is 6.37. The van der Waals surface area contributed by atoms with Crippen molar-refractivity contribution >= 4 is 31.4 Å². The molecular weight excluding hydrogens is 304 g/mol.